The van der Waals surface area contributed by atoms with Gasteiger partial charge in [0.25, 0.3) is 0 Å². The van der Waals surface area contributed by atoms with Gasteiger partial charge in [0.1, 0.15) is 0 Å². The van der Waals surface area contributed by atoms with Gasteiger partial charge in [-0.2, -0.15) is 0 Å². The average molecular weight is 195 g/mol. The van der Waals surface area contributed by atoms with Crippen LogP contribution in [-0.2, 0) is 0 Å². The number of aryl methyl sites for hydroxylation is 2. The van der Waals surface area contributed by atoms with Gasteiger partial charge in [-0.25, -0.2) is 4.98 Å². The first-order chi connectivity index (χ1) is 6.16. The summed E-state index contributed by atoms with van der Waals surface area (Å²) in [7, 11) is 0. The average Bonchev–Trinajstić information content (AvgIpc) is 2.77. The summed E-state index contributed by atoms with van der Waals surface area (Å²) in [4.78, 5) is 16.8. The summed E-state index contributed by atoms with van der Waals surface area (Å²) in [6.07, 6.45) is 3.22. The third-order valence-corrected chi connectivity index (χ3v) is 3.44. The quantitative estimate of drug-likeness (QED) is 0.694. The fourth-order valence-electron chi connectivity index (χ4n) is 1.47. The molecule has 0 atom stereocenters. The van der Waals surface area contributed by atoms with Crippen LogP contribution in [0.2, 0.25) is 0 Å². The van der Waals surface area contributed by atoms with Gasteiger partial charge in [0.15, 0.2) is 5.78 Å². The van der Waals surface area contributed by atoms with Crippen molar-refractivity contribution in [1.29, 1.82) is 0 Å². The maximum atomic E-state index is 11.7. The summed E-state index contributed by atoms with van der Waals surface area (Å²) in [6.45, 7) is 3.87. The number of aromatic nitrogens is 1. The SMILES string of the molecule is Cc1nc(C)c(C(=O)CC2CC2)s1. The fourth-order valence-corrected chi connectivity index (χ4v) is 2.34. The highest BCUT2D eigenvalue weighted by atomic mass is 32.1. The molecule has 0 N–H and O–H groups in total. The molecule has 3 heteroatoms. The van der Waals surface area contributed by atoms with E-state index in [1.807, 2.05) is 13.8 Å². The van der Waals surface area contributed by atoms with Gasteiger partial charge in [0.05, 0.1) is 15.6 Å². The van der Waals surface area contributed by atoms with E-state index in [4.69, 9.17) is 0 Å². The maximum Gasteiger partial charge on any atom is 0.174 e. The molecule has 1 aliphatic carbocycles. The zero-order valence-corrected chi connectivity index (χ0v) is 8.78. The van der Waals surface area contributed by atoms with Crippen LogP contribution in [-0.4, -0.2) is 10.8 Å². The summed E-state index contributed by atoms with van der Waals surface area (Å²) in [5, 5.41) is 0.997. The number of carbonyl (C=O) groups excluding carboxylic acids is 1. The molecule has 1 fully saturated rings. The predicted octanol–water partition coefficient (Wildman–Crippen LogP) is 2.74. The summed E-state index contributed by atoms with van der Waals surface area (Å²) in [5.74, 6) is 0.972. The molecule has 0 radical (unpaired) electrons. The van der Waals surface area contributed by atoms with Crippen molar-refractivity contribution in [2.24, 2.45) is 5.92 Å². The van der Waals surface area contributed by atoms with E-state index in [1.165, 1.54) is 24.2 Å². The smallest absolute Gasteiger partial charge is 0.174 e. The van der Waals surface area contributed by atoms with Crippen molar-refractivity contribution in [1.82, 2.24) is 4.98 Å². The van der Waals surface area contributed by atoms with Gasteiger partial charge in [-0.3, -0.25) is 4.79 Å². The number of nitrogens with zero attached hydrogens (tertiary/aromatic N) is 1. The van der Waals surface area contributed by atoms with Crippen LogP contribution < -0.4 is 0 Å². The minimum atomic E-state index is 0.297. The highest BCUT2D eigenvalue weighted by molar-refractivity contribution is 7.13. The Labute approximate surface area is 82.0 Å². The molecule has 1 aromatic rings. The first kappa shape index (κ1) is 8.88. The van der Waals surface area contributed by atoms with Crippen LogP contribution in [0.15, 0.2) is 0 Å². The molecule has 0 aliphatic heterocycles. The van der Waals surface area contributed by atoms with Gasteiger partial charge in [0.2, 0.25) is 0 Å². The van der Waals surface area contributed by atoms with Crippen LogP contribution >= 0.6 is 11.3 Å². The van der Waals surface area contributed by atoms with Crippen molar-refractivity contribution in [2.75, 3.05) is 0 Å². The van der Waals surface area contributed by atoms with Crippen LogP contribution in [0.25, 0.3) is 0 Å². The standard InChI is InChI=1S/C10H13NOS/c1-6-10(13-7(2)11-6)9(12)5-8-3-4-8/h8H,3-5H2,1-2H3. The van der Waals surface area contributed by atoms with Crippen LogP contribution in [0.3, 0.4) is 0 Å². The molecule has 1 heterocycles. The highest BCUT2D eigenvalue weighted by Crippen LogP contribution is 2.34. The first-order valence-electron chi connectivity index (χ1n) is 4.64. The largest absolute Gasteiger partial charge is 0.293 e. The van der Waals surface area contributed by atoms with E-state index >= 15 is 0 Å². The van der Waals surface area contributed by atoms with E-state index in [0.29, 0.717) is 11.7 Å². The predicted molar refractivity (Wildman–Crippen MR) is 53.3 cm³/mol. The number of thiazole rings is 1. The number of hydrogen-bond acceptors (Lipinski definition) is 3. The lowest BCUT2D eigenvalue weighted by Gasteiger charge is -1.95. The normalized spacial score (nSPS) is 16.2. The third kappa shape index (κ3) is 1.97. The van der Waals surface area contributed by atoms with Gasteiger partial charge < -0.3 is 0 Å². The number of carbonyl (C=O) groups is 1. The van der Waals surface area contributed by atoms with E-state index in [9.17, 15) is 4.79 Å². The molecule has 0 amide bonds. The van der Waals surface area contributed by atoms with E-state index in [-0.39, 0.29) is 0 Å². The molecule has 1 saturated carbocycles. The third-order valence-electron chi connectivity index (χ3n) is 2.33. The van der Waals surface area contributed by atoms with Crippen LogP contribution in [0.4, 0.5) is 0 Å². The lowest BCUT2D eigenvalue weighted by Crippen LogP contribution is -1.99. The zero-order chi connectivity index (χ0) is 9.42. The van der Waals surface area contributed by atoms with Crippen molar-refractivity contribution >= 4 is 17.1 Å². The lowest BCUT2D eigenvalue weighted by molar-refractivity contribution is 0.0979. The van der Waals surface area contributed by atoms with E-state index in [2.05, 4.69) is 4.98 Å². The molecule has 0 spiro atoms. The van der Waals surface area contributed by atoms with E-state index in [0.717, 1.165) is 22.0 Å². The van der Waals surface area contributed by atoms with Gasteiger partial charge in [0, 0.05) is 6.42 Å². The fraction of sp³-hybridized carbons (Fsp3) is 0.600. The molecule has 2 rings (SSSR count). The summed E-state index contributed by atoms with van der Waals surface area (Å²) < 4.78 is 0. The van der Waals surface area contributed by atoms with Crippen LogP contribution in [0.5, 0.6) is 0 Å². The van der Waals surface area contributed by atoms with E-state index in [1.54, 1.807) is 0 Å². The second-order valence-electron chi connectivity index (χ2n) is 3.72. The second kappa shape index (κ2) is 3.22. The highest BCUT2D eigenvalue weighted by Gasteiger charge is 2.26. The lowest BCUT2D eigenvalue weighted by atomic mass is 10.1. The van der Waals surface area contributed by atoms with Crippen molar-refractivity contribution < 1.29 is 4.79 Å². The Morgan fingerprint density at radius 3 is 2.69 bits per heavy atom. The zero-order valence-electron chi connectivity index (χ0n) is 7.96. The van der Waals surface area contributed by atoms with E-state index < -0.39 is 0 Å². The van der Waals surface area contributed by atoms with Crippen molar-refractivity contribution in [3.05, 3.63) is 15.6 Å². The molecule has 2 nitrogen and oxygen atoms in total. The molecular formula is C10H13NOS. The van der Waals surface area contributed by atoms with Gasteiger partial charge >= 0.3 is 0 Å². The Bertz CT molecular complexity index is 339. The molecule has 0 saturated heterocycles. The maximum absolute atomic E-state index is 11.7. The summed E-state index contributed by atoms with van der Waals surface area (Å²) >= 11 is 1.53. The van der Waals surface area contributed by atoms with Crippen molar-refractivity contribution in [2.45, 2.75) is 33.1 Å². The van der Waals surface area contributed by atoms with Crippen molar-refractivity contribution in [3.63, 3.8) is 0 Å². The number of hydrogen-bond donors (Lipinski definition) is 0. The molecule has 1 aromatic heterocycles. The second-order valence-corrected chi connectivity index (χ2v) is 4.92. The Morgan fingerprint density at radius 2 is 2.23 bits per heavy atom. The number of rotatable bonds is 3. The Hall–Kier alpha value is -0.700. The number of Topliss-reactive ketones (excluding diaryl/α,β-unsaturated/α-hetero) is 1. The monoisotopic (exact) mass is 195 g/mol. The minimum Gasteiger partial charge on any atom is -0.293 e. The molecule has 70 valence electrons. The van der Waals surface area contributed by atoms with Crippen LogP contribution in [0, 0.1) is 19.8 Å². The molecule has 0 unspecified atom stereocenters. The molecule has 13 heavy (non-hydrogen) atoms. The Morgan fingerprint density at radius 1 is 1.54 bits per heavy atom. The topological polar surface area (TPSA) is 30.0 Å². The van der Waals surface area contributed by atoms with Gasteiger partial charge in [-0.1, -0.05) is 0 Å². The molecular weight excluding hydrogens is 182 g/mol. The Kier molecular flexibility index (Phi) is 2.20. The van der Waals surface area contributed by atoms with Gasteiger partial charge in [-0.05, 0) is 32.6 Å². The van der Waals surface area contributed by atoms with Gasteiger partial charge in [-0.15, -0.1) is 11.3 Å². The first-order valence-corrected chi connectivity index (χ1v) is 5.45. The molecule has 1 aliphatic rings. The molecule has 0 aromatic carbocycles. The van der Waals surface area contributed by atoms with Crippen molar-refractivity contribution in [3.8, 4) is 0 Å². The Balaban J connectivity index is 2.13. The summed E-state index contributed by atoms with van der Waals surface area (Å²) in [6, 6.07) is 0. The van der Waals surface area contributed by atoms with Crippen LogP contribution in [0.1, 0.15) is 39.6 Å². The molecule has 0 bridgehead atoms. The summed E-state index contributed by atoms with van der Waals surface area (Å²) in [5.41, 5.74) is 0.910. The number of ketones is 1. The minimum absolute atomic E-state index is 0.297.